The minimum absolute atomic E-state index is 0.0626. The zero-order chi connectivity index (χ0) is 34.6. The van der Waals surface area contributed by atoms with Gasteiger partial charge in [0.15, 0.2) is 8.32 Å². The minimum Gasteiger partial charge on any atom is -0.478 e. The summed E-state index contributed by atoms with van der Waals surface area (Å²) in [6.45, 7) is 26.9. The molecule has 0 aliphatic carbocycles. The van der Waals surface area contributed by atoms with E-state index in [1.54, 1.807) is 25.1 Å². The Labute approximate surface area is 268 Å². The molecule has 1 fully saturated rings. The molecule has 2 N–H and O–H groups in total. The van der Waals surface area contributed by atoms with Crippen molar-refractivity contribution in [3.63, 3.8) is 0 Å². The first-order valence-corrected chi connectivity index (χ1v) is 21.5. The number of nitrogens with zero attached hydrogens (tertiary/aromatic N) is 2. The van der Waals surface area contributed by atoms with Gasteiger partial charge in [-0.3, -0.25) is 24.5 Å². The Bertz CT molecular complexity index is 1520. The third kappa shape index (κ3) is 6.92. The van der Waals surface area contributed by atoms with E-state index in [-0.39, 0.29) is 40.5 Å². The highest BCUT2D eigenvalue weighted by molar-refractivity contribution is 6.83. The van der Waals surface area contributed by atoms with Crippen molar-refractivity contribution in [3.05, 3.63) is 67.0 Å². The number of rotatable bonds is 10. The van der Waals surface area contributed by atoms with E-state index in [1.165, 1.54) is 16.8 Å². The van der Waals surface area contributed by atoms with Gasteiger partial charge in [0, 0.05) is 12.5 Å². The van der Waals surface area contributed by atoms with Crippen molar-refractivity contribution < 1.29 is 23.9 Å². The lowest BCUT2D eigenvalue weighted by atomic mass is 9.97. The molecule has 1 aliphatic rings. The second-order valence-electron chi connectivity index (χ2n) is 16.0. The van der Waals surface area contributed by atoms with Gasteiger partial charge in [0.1, 0.15) is 17.9 Å². The number of hydrogen-bond acceptors (Lipinski definition) is 8. The quantitative estimate of drug-likeness (QED) is 0.167. The molecule has 2 heterocycles. The van der Waals surface area contributed by atoms with Crippen molar-refractivity contribution in [1.29, 1.82) is 0 Å². The van der Waals surface area contributed by atoms with Crippen LogP contribution in [0.5, 0.6) is 5.75 Å². The third-order valence-electron chi connectivity index (χ3n) is 10.6. The molecule has 0 bridgehead atoms. The molecule has 3 rings (SSSR count). The van der Waals surface area contributed by atoms with Gasteiger partial charge < -0.3 is 19.0 Å². The van der Waals surface area contributed by atoms with Crippen molar-refractivity contribution in [2.24, 2.45) is 5.92 Å². The Morgan fingerprint density at radius 3 is 2.20 bits per heavy atom. The summed E-state index contributed by atoms with van der Waals surface area (Å²) in [6.07, 6.45) is -0.207. The summed E-state index contributed by atoms with van der Waals surface area (Å²) in [4.78, 5) is 40.2. The van der Waals surface area contributed by atoms with Crippen LogP contribution in [0.3, 0.4) is 0 Å². The molecule has 252 valence electrons. The fraction of sp³-hybridized carbons (Fsp3) is 0.688. The predicted octanol–water partition coefficient (Wildman–Crippen LogP) is 6.48. The van der Waals surface area contributed by atoms with Crippen molar-refractivity contribution in [3.8, 4) is 5.75 Å². The van der Waals surface area contributed by atoms with E-state index in [4.69, 9.17) is 13.9 Å². The largest absolute Gasteiger partial charge is 0.478 e. The van der Waals surface area contributed by atoms with Gasteiger partial charge >= 0.3 is 5.69 Å². The SMILES string of the molecule is CC(C)[C@H](Oc1cn([C@@]2(C)C[C@@](O)([Si](C)(C)C(C)(C)C)[C@@H](CO[Si](C)(C)C(C)(C)C)O2)c(=O)[nH]c1=O)c1ccccc1[N+](=O)[O-]. The predicted molar refractivity (Wildman–Crippen MR) is 181 cm³/mol. The number of aromatic amines is 1. The number of aromatic nitrogens is 2. The lowest BCUT2D eigenvalue weighted by Crippen LogP contribution is -2.65. The Morgan fingerprint density at radius 2 is 1.69 bits per heavy atom. The fourth-order valence-corrected chi connectivity index (χ4v) is 9.64. The van der Waals surface area contributed by atoms with E-state index in [9.17, 15) is 24.8 Å². The molecule has 4 atom stereocenters. The lowest BCUT2D eigenvalue weighted by molar-refractivity contribution is -0.386. The van der Waals surface area contributed by atoms with Gasteiger partial charge in [0.25, 0.3) is 11.2 Å². The normalized spacial score (nSPS) is 23.8. The smallest absolute Gasteiger partial charge is 0.330 e. The lowest BCUT2D eigenvalue weighted by Gasteiger charge is -2.50. The van der Waals surface area contributed by atoms with Gasteiger partial charge in [-0.15, -0.1) is 0 Å². The molecule has 1 aromatic carbocycles. The maximum atomic E-state index is 13.4. The second-order valence-corrected chi connectivity index (χ2v) is 26.5. The molecular weight excluding hydrogens is 611 g/mol. The highest BCUT2D eigenvalue weighted by atomic mass is 28.4. The first-order valence-electron chi connectivity index (χ1n) is 15.6. The fourth-order valence-electron chi connectivity index (χ4n) is 5.63. The number of aliphatic hydroxyl groups is 1. The summed E-state index contributed by atoms with van der Waals surface area (Å²) in [5.41, 5.74) is -2.66. The van der Waals surface area contributed by atoms with Crippen LogP contribution in [0.1, 0.15) is 80.4 Å². The molecule has 0 radical (unpaired) electrons. The molecule has 0 saturated carbocycles. The summed E-state index contributed by atoms with van der Waals surface area (Å²) in [5, 5.41) is 22.9. The summed E-state index contributed by atoms with van der Waals surface area (Å²) in [5.74, 6) is -0.446. The number of H-pyrrole nitrogens is 1. The van der Waals surface area contributed by atoms with Crippen LogP contribution in [0.2, 0.25) is 36.3 Å². The number of nitrogens with one attached hydrogen (secondary N) is 1. The first kappa shape index (κ1) is 36.9. The maximum Gasteiger partial charge on any atom is 0.330 e. The molecule has 1 saturated heterocycles. The average Bonchev–Trinajstić information content (AvgIpc) is 3.17. The zero-order valence-electron chi connectivity index (χ0n) is 29.2. The maximum absolute atomic E-state index is 13.4. The van der Waals surface area contributed by atoms with E-state index in [1.807, 2.05) is 13.8 Å². The van der Waals surface area contributed by atoms with Gasteiger partial charge in [0.05, 0.1) is 36.6 Å². The van der Waals surface area contributed by atoms with E-state index >= 15 is 0 Å². The Balaban J connectivity index is 2.13. The molecule has 11 nitrogen and oxygen atoms in total. The summed E-state index contributed by atoms with van der Waals surface area (Å²) < 4.78 is 20.7. The number of nitro benzene ring substituents is 1. The summed E-state index contributed by atoms with van der Waals surface area (Å²) >= 11 is 0. The minimum atomic E-state index is -2.58. The van der Waals surface area contributed by atoms with Gasteiger partial charge in [0.2, 0.25) is 5.75 Å². The highest BCUT2D eigenvalue weighted by Crippen LogP contribution is 2.53. The number of ether oxygens (including phenoxy) is 2. The van der Waals surface area contributed by atoms with Gasteiger partial charge in [-0.1, -0.05) is 80.6 Å². The van der Waals surface area contributed by atoms with E-state index in [0.717, 1.165) is 0 Å². The van der Waals surface area contributed by atoms with Crippen LogP contribution in [-0.2, 0) is 14.9 Å². The monoisotopic (exact) mass is 663 g/mol. The standard InChI is InChI=1S/C32H53N3O8Si2/c1-21(2)26(22-16-14-15-17-23(22)35(39)40)42-24-18-34(28(37)33-27(24)36)31(9)20-32(38,44(10,11)29(3,4)5)25(43-31)19-41-45(12,13)30(6,7)8/h14-18,21,25-26,38H,19-20H2,1-13H3,(H,33,36,37)/t25-,26+,31-,32-/m1/s1. The molecule has 0 spiro atoms. The molecule has 0 amide bonds. The molecular formula is C32H53N3O8Si2. The highest BCUT2D eigenvalue weighted by Gasteiger charge is 2.65. The Hall–Kier alpha value is -2.59. The van der Waals surface area contributed by atoms with Crippen molar-refractivity contribution in [2.75, 3.05) is 6.61 Å². The second kappa shape index (κ2) is 12.2. The molecule has 45 heavy (non-hydrogen) atoms. The van der Waals surface area contributed by atoms with Crippen LogP contribution in [0.4, 0.5) is 5.69 Å². The topological polar surface area (TPSA) is 146 Å². The summed E-state index contributed by atoms with van der Waals surface area (Å²) in [7, 11) is -4.81. The number of para-hydroxylation sites is 1. The Kier molecular flexibility index (Phi) is 10.0. The van der Waals surface area contributed by atoms with E-state index < -0.39 is 55.7 Å². The molecule has 13 heteroatoms. The van der Waals surface area contributed by atoms with Crippen molar-refractivity contribution in [1.82, 2.24) is 9.55 Å². The van der Waals surface area contributed by atoms with E-state index in [0.29, 0.717) is 5.56 Å². The molecule has 0 unspecified atom stereocenters. The van der Waals surface area contributed by atoms with Gasteiger partial charge in [-0.2, -0.15) is 0 Å². The van der Waals surface area contributed by atoms with Gasteiger partial charge in [-0.25, -0.2) is 4.79 Å². The summed E-state index contributed by atoms with van der Waals surface area (Å²) in [6, 6.07) is 6.23. The van der Waals surface area contributed by atoms with Crippen LogP contribution in [0.15, 0.2) is 40.1 Å². The zero-order valence-corrected chi connectivity index (χ0v) is 31.2. The van der Waals surface area contributed by atoms with Crippen LogP contribution in [0, 0.1) is 16.0 Å². The van der Waals surface area contributed by atoms with Crippen LogP contribution >= 0.6 is 0 Å². The van der Waals surface area contributed by atoms with Gasteiger partial charge in [-0.05, 0) is 42.1 Å². The van der Waals surface area contributed by atoms with Crippen LogP contribution in [0.25, 0.3) is 0 Å². The third-order valence-corrected chi connectivity index (χ3v) is 21.5. The molecule has 2 aromatic rings. The first-order chi connectivity index (χ1) is 20.3. The van der Waals surface area contributed by atoms with Crippen LogP contribution in [-0.4, -0.2) is 53.9 Å². The van der Waals surface area contributed by atoms with Crippen molar-refractivity contribution in [2.45, 2.75) is 128 Å². The van der Waals surface area contributed by atoms with E-state index in [2.05, 4.69) is 72.7 Å². The molecule has 1 aliphatic heterocycles. The Morgan fingerprint density at radius 1 is 1.11 bits per heavy atom. The average molecular weight is 664 g/mol. The number of nitro groups is 1. The number of hydrogen-bond donors (Lipinski definition) is 2. The molecule has 1 aromatic heterocycles. The van der Waals surface area contributed by atoms with Crippen molar-refractivity contribution >= 4 is 22.1 Å². The van der Waals surface area contributed by atoms with Crippen LogP contribution < -0.4 is 16.0 Å². The number of benzene rings is 1.